The lowest BCUT2D eigenvalue weighted by Crippen LogP contribution is -2.25. The minimum absolute atomic E-state index is 0.112. The lowest BCUT2D eigenvalue weighted by molar-refractivity contribution is -0.0268. The van der Waals surface area contributed by atoms with Gasteiger partial charge in [0.1, 0.15) is 6.54 Å². The van der Waals surface area contributed by atoms with E-state index in [2.05, 4.69) is 15.5 Å². The molecule has 0 N–H and O–H groups in total. The molecule has 1 heterocycles. The van der Waals surface area contributed by atoms with Crippen molar-refractivity contribution in [3.05, 3.63) is 41.7 Å². The van der Waals surface area contributed by atoms with Gasteiger partial charge < -0.3 is 4.74 Å². The molecule has 106 valence electrons. The number of aromatic nitrogens is 4. The number of rotatable bonds is 5. The normalized spacial score (nSPS) is 11.3. The van der Waals surface area contributed by atoms with Crippen molar-refractivity contribution in [1.29, 1.82) is 0 Å². The first-order valence-electron chi connectivity index (χ1n) is 5.91. The third-order valence-electron chi connectivity index (χ3n) is 2.53. The Hall–Kier alpha value is -2.38. The van der Waals surface area contributed by atoms with E-state index >= 15 is 0 Å². The highest BCUT2D eigenvalue weighted by Gasteiger charge is 2.34. The van der Waals surface area contributed by atoms with E-state index < -0.39 is 18.4 Å². The van der Waals surface area contributed by atoms with Crippen LogP contribution in [-0.2, 0) is 17.2 Å². The largest absolute Gasteiger partial charge is 0.460 e. The third kappa shape index (κ3) is 2.95. The fraction of sp³-hybridized carbons (Fsp3) is 0.333. The third-order valence-corrected chi connectivity index (χ3v) is 2.53. The Labute approximate surface area is 113 Å². The summed E-state index contributed by atoms with van der Waals surface area (Å²) in [5.41, 5.74) is -0.176. The quantitative estimate of drug-likeness (QED) is 0.780. The van der Waals surface area contributed by atoms with Crippen molar-refractivity contribution in [2.45, 2.75) is 19.4 Å². The Morgan fingerprint density at radius 2 is 2.05 bits per heavy atom. The Kier molecular flexibility index (Phi) is 4.02. The number of hydrogen-bond acceptors (Lipinski definition) is 5. The monoisotopic (exact) mass is 282 g/mol. The van der Waals surface area contributed by atoms with Gasteiger partial charge in [0.25, 0.3) is 11.7 Å². The summed E-state index contributed by atoms with van der Waals surface area (Å²) in [5, 5.41) is 10.0. The molecule has 0 fully saturated rings. The van der Waals surface area contributed by atoms with Crippen molar-refractivity contribution in [3.8, 4) is 0 Å². The van der Waals surface area contributed by atoms with Gasteiger partial charge in [-0.25, -0.2) is 9.48 Å². The number of alkyl halides is 2. The highest BCUT2D eigenvalue weighted by molar-refractivity contribution is 5.85. The van der Waals surface area contributed by atoms with E-state index in [0.29, 0.717) is 0 Å². The molecule has 0 radical (unpaired) electrons. The zero-order chi connectivity index (χ0) is 14.6. The molecule has 1 aromatic heterocycles. The molecule has 0 atom stereocenters. The van der Waals surface area contributed by atoms with Crippen LogP contribution in [0.25, 0.3) is 0 Å². The van der Waals surface area contributed by atoms with Crippen LogP contribution < -0.4 is 0 Å². The highest BCUT2D eigenvalue weighted by Crippen LogP contribution is 2.29. The highest BCUT2D eigenvalue weighted by atomic mass is 19.3. The predicted octanol–water partition coefficient (Wildman–Crippen LogP) is 1.64. The molecule has 0 amide bonds. The predicted molar refractivity (Wildman–Crippen MR) is 64.1 cm³/mol. The molecule has 0 aliphatic carbocycles. The summed E-state index contributed by atoms with van der Waals surface area (Å²) in [6, 6.07) is 7.26. The molecule has 0 saturated heterocycles. The summed E-state index contributed by atoms with van der Waals surface area (Å²) in [6.07, 6.45) is 0. The van der Waals surface area contributed by atoms with Gasteiger partial charge in [0.05, 0.1) is 6.61 Å². The molecule has 8 heteroatoms. The van der Waals surface area contributed by atoms with Gasteiger partial charge in [-0.2, -0.15) is 8.78 Å². The van der Waals surface area contributed by atoms with E-state index in [0.717, 1.165) is 4.68 Å². The molecule has 1 aromatic carbocycles. The summed E-state index contributed by atoms with van der Waals surface area (Å²) >= 11 is 0. The first-order chi connectivity index (χ1) is 9.54. The topological polar surface area (TPSA) is 69.9 Å². The van der Waals surface area contributed by atoms with Gasteiger partial charge in [0, 0.05) is 5.56 Å². The zero-order valence-electron chi connectivity index (χ0n) is 10.7. The van der Waals surface area contributed by atoms with Crippen LogP contribution in [0.2, 0.25) is 0 Å². The number of tetrazole rings is 1. The van der Waals surface area contributed by atoms with Crippen LogP contribution in [0, 0.1) is 0 Å². The molecule has 0 unspecified atom stereocenters. The standard InChI is InChI=1S/C12H12F2N4O2/c1-2-20-11(19)10-15-16-17-18(10)8-12(13,14)9-6-4-3-5-7-9/h3-7H,2,8H2,1H3. The number of carbonyl (C=O) groups excluding carboxylic acids is 1. The van der Waals surface area contributed by atoms with Crippen LogP contribution in [0.5, 0.6) is 0 Å². The Morgan fingerprint density at radius 3 is 2.70 bits per heavy atom. The van der Waals surface area contributed by atoms with Crippen LogP contribution >= 0.6 is 0 Å². The van der Waals surface area contributed by atoms with Gasteiger partial charge in [0.2, 0.25) is 0 Å². The molecule has 0 saturated carbocycles. The van der Waals surface area contributed by atoms with Crippen molar-refractivity contribution in [3.63, 3.8) is 0 Å². The molecular weight excluding hydrogens is 270 g/mol. The van der Waals surface area contributed by atoms with Crippen molar-refractivity contribution in [2.24, 2.45) is 0 Å². The molecular formula is C12H12F2N4O2. The number of nitrogens with zero attached hydrogens (tertiary/aromatic N) is 4. The van der Waals surface area contributed by atoms with Crippen molar-refractivity contribution >= 4 is 5.97 Å². The Balaban J connectivity index is 2.22. The molecule has 0 aliphatic heterocycles. The minimum Gasteiger partial charge on any atom is -0.460 e. The Morgan fingerprint density at radius 1 is 1.35 bits per heavy atom. The van der Waals surface area contributed by atoms with Gasteiger partial charge >= 0.3 is 5.97 Å². The molecule has 2 aromatic rings. The van der Waals surface area contributed by atoms with Gasteiger partial charge in [-0.1, -0.05) is 30.3 Å². The molecule has 0 bridgehead atoms. The van der Waals surface area contributed by atoms with Crippen LogP contribution in [0.1, 0.15) is 23.1 Å². The van der Waals surface area contributed by atoms with E-state index in [4.69, 9.17) is 4.74 Å². The number of esters is 1. The lowest BCUT2D eigenvalue weighted by Gasteiger charge is -2.16. The zero-order valence-corrected chi connectivity index (χ0v) is 10.7. The number of hydrogen-bond donors (Lipinski definition) is 0. The van der Waals surface area contributed by atoms with E-state index in [-0.39, 0.29) is 18.0 Å². The summed E-state index contributed by atoms with van der Waals surface area (Å²) in [4.78, 5) is 11.5. The summed E-state index contributed by atoms with van der Waals surface area (Å²) in [6.45, 7) is 0.879. The maximum Gasteiger partial charge on any atom is 0.378 e. The van der Waals surface area contributed by atoms with Crippen LogP contribution in [0.4, 0.5) is 8.78 Å². The molecule has 20 heavy (non-hydrogen) atoms. The van der Waals surface area contributed by atoms with Crippen LogP contribution in [-0.4, -0.2) is 32.8 Å². The number of benzene rings is 1. The van der Waals surface area contributed by atoms with E-state index in [1.807, 2.05) is 0 Å². The summed E-state index contributed by atoms with van der Waals surface area (Å²) in [7, 11) is 0. The Bertz CT molecular complexity index is 586. The van der Waals surface area contributed by atoms with E-state index in [1.54, 1.807) is 13.0 Å². The second-order valence-corrected chi connectivity index (χ2v) is 3.95. The van der Waals surface area contributed by atoms with Crippen molar-refractivity contribution in [2.75, 3.05) is 6.61 Å². The maximum atomic E-state index is 14.1. The number of halogens is 2. The van der Waals surface area contributed by atoms with Crippen molar-refractivity contribution < 1.29 is 18.3 Å². The van der Waals surface area contributed by atoms with E-state index in [9.17, 15) is 13.6 Å². The molecule has 2 rings (SSSR count). The van der Waals surface area contributed by atoms with Gasteiger partial charge in [0.15, 0.2) is 0 Å². The second kappa shape index (κ2) is 5.72. The maximum absolute atomic E-state index is 14.1. The first-order valence-corrected chi connectivity index (χ1v) is 5.91. The fourth-order valence-corrected chi connectivity index (χ4v) is 1.61. The first kappa shape index (κ1) is 14.0. The molecule has 6 nitrogen and oxygen atoms in total. The van der Waals surface area contributed by atoms with Crippen LogP contribution in [0.3, 0.4) is 0 Å². The lowest BCUT2D eigenvalue weighted by atomic mass is 10.1. The number of carbonyl (C=O) groups is 1. The average molecular weight is 282 g/mol. The van der Waals surface area contributed by atoms with E-state index in [1.165, 1.54) is 24.3 Å². The average Bonchev–Trinajstić information content (AvgIpc) is 2.87. The summed E-state index contributed by atoms with van der Waals surface area (Å²) < 4.78 is 33.6. The minimum atomic E-state index is -3.20. The van der Waals surface area contributed by atoms with Crippen molar-refractivity contribution in [1.82, 2.24) is 20.2 Å². The smallest absolute Gasteiger partial charge is 0.378 e. The van der Waals surface area contributed by atoms with Gasteiger partial charge in [-0.3, -0.25) is 0 Å². The summed E-state index contributed by atoms with van der Waals surface area (Å²) in [5.74, 6) is -4.37. The number of ether oxygens (including phenoxy) is 1. The van der Waals surface area contributed by atoms with Crippen LogP contribution in [0.15, 0.2) is 30.3 Å². The molecule has 0 spiro atoms. The second-order valence-electron chi connectivity index (χ2n) is 3.95. The fourth-order valence-electron chi connectivity index (χ4n) is 1.61. The van der Waals surface area contributed by atoms with Gasteiger partial charge in [-0.15, -0.1) is 5.10 Å². The van der Waals surface area contributed by atoms with Gasteiger partial charge in [-0.05, 0) is 17.4 Å². The SMILES string of the molecule is CCOC(=O)c1nnnn1CC(F)(F)c1ccccc1. The molecule has 0 aliphatic rings.